The Morgan fingerprint density at radius 1 is 1.04 bits per heavy atom. The molecule has 2 heteroatoms. The summed E-state index contributed by atoms with van der Waals surface area (Å²) < 4.78 is 14.3. The normalized spacial score (nSPS) is 19.4. The summed E-state index contributed by atoms with van der Waals surface area (Å²) in [4.78, 5) is 0. The Morgan fingerprint density at radius 3 is 2.44 bits per heavy atom. The van der Waals surface area contributed by atoms with Crippen molar-refractivity contribution in [3.05, 3.63) is 71.0 Å². The van der Waals surface area contributed by atoms with Crippen LogP contribution in [0.1, 0.15) is 55.7 Å². The van der Waals surface area contributed by atoms with Crippen molar-refractivity contribution in [3.63, 3.8) is 0 Å². The minimum atomic E-state index is -0.209. The van der Waals surface area contributed by atoms with Crippen LogP contribution in [0.15, 0.2) is 42.5 Å². The summed E-state index contributed by atoms with van der Waals surface area (Å²) in [6.45, 7) is 2.35. The molecular formula is C23H24FRb. The number of halogens is 1. The van der Waals surface area contributed by atoms with Crippen molar-refractivity contribution in [1.82, 2.24) is 0 Å². The zero-order chi connectivity index (χ0) is 16.8. The van der Waals surface area contributed by atoms with Crippen LogP contribution in [-0.4, -0.2) is 0 Å². The summed E-state index contributed by atoms with van der Waals surface area (Å²) >= 11 is 0. The van der Waals surface area contributed by atoms with Crippen LogP contribution in [0.25, 0.3) is 0 Å². The largest absolute Gasteiger partial charge is 1.00 e. The second kappa shape index (κ2) is 10.8. The molecule has 1 aliphatic rings. The van der Waals surface area contributed by atoms with Gasteiger partial charge in [-0.1, -0.05) is 56.1 Å². The number of hydrogen-bond donors (Lipinski definition) is 0. The molecular weight excluding hydrogens is 381 g/mol. The third-order valence-corrected chi connectivity index (χ3v) is 5.07. The molecule has 2 aromatic rings. The van der Waals surface area contributed by atoms with Crippen LogP contribution in [0.5, 0.6) is 0 Å². The molecule has 25 heavy (non-hydrogen) atoms. The summed E-state index contributed by atoms with van der Waals surface area (Å²) in [5.41, 5.74) is 2.44. The van der Waals surface area contributed by atoms with E-state index in [2.05, 4.69) is 24.8 Å². The molecule has 0 N–H and O–H groups in total. The zero-order valence-corrected chi connectivity index (χ0v) is 20.2. The van der Waals surface area contributed by atoms with Gasteiger partial charge in [0.2, 0.25) is 0 Å². The number of hydrogen-bond acceptors (Lipinski definition) is 0. The number of rotatable bonds is 3. The fraction of sp³-hybridized carbons (Fsp3) is 0.391. The Bertz CT molecular complexity index is 719. The van der Waals surface area contributed by atoms with E-state index in [9.17, 15) is 4.39 Å². The molecule has 0 unspecified atom stereocenters. The van der Waals surface area contributed by atoms with Crippen LogP contribution < -0.4 is 58.2 Å². The second-order valence-electron chi connectivity index (χ2n) is 7.02. The molecule has 0 spiro atoms. The zero-order valence-electron chi connectivity index (χ0n) is 15.3. The summed E-state index contributed by atoms with van der Waals surface area (Å²) in [5, 5.41) is 0. The maximum atomic E-state index is 14.3. The van der Waals surface area contributed by atoms with Crippen LogP contribution in [0.3, 0.4) is 0 Å². The summed E-state index contributed by atoms with van der Waals surface area (Å²) in [6, 6.07) is 15.8. The molecule has 1 aliphatic carbocycles. The van der Waals surface area contributed by atoms with Crippen LogP contribution in [0.2, 0.25) is 0 Å². The molecule has 0 atom stereocenters. The van der Waals surface area contributed by atoms with E-state index in [-0.39, 0.29) is 64.0 Å². The topological polar surface area (TPSA) is 0 Å². The van der Waals surface area contributed by atoms with Gasteiger partial charge in [-0.25, -0.2) is 4.39 Å². The van der Waals surface area contributed by atoms with Crippen LogP contribution >= 0.6 is 0 Å². The van der Waals surface area contributed by atoms with Crippen molar-refractivity contribution in [2.75, 3.05) is 0 Å². The van der Waals surface area contributed by atoms with E-state index in [0.717, 1.165) is 29.4 Å². The minimum absolute atomic E-state index is 0. The van der Waals surface area contributed by atoms with E-state index in [1.54, 1.807) is 6.07 Å². The van der Waals surface area contributed by atoms with E-state index in [1.165, 1.54) is 32.1 Å². The predicted octanol–water partition coefficient (Wildman–Crippen LogP) is 2.79. The van der Waals surface area contributed by atoms with Crippen molar-refractivity contribution < 1.29 is 62.6 Å². The maximum absolute atomic E-state index is 14.3. The van der Waals surface area contributed by atoms with Gasteiger partial charge < -0.3 is 0 Å². The van der Waals surface area contributed by atoms with Gasteiger partial charge in [0.25, 0.3) is 0 Å². The van der Waals surface area contributed by atoms with Gasteiger partial charge in [-0.3, -0.25) is 0 Å². The Labute approximate surface area is 200 Å². The Kier molecular flexibility index (Phi) is 9.07. The first kappa shape index (κ1) is 21.0. The van der Waals surface area contributed by atoms with Crippen molar-refractivity contribution in [3.8, 4) is 11.8 Å². The first-order chi connectivity index (χ1) is 11.7. The molecule has 124 valence electrons. The van der Waals surface area contributed by atoms with Gasteiger partial charge in [0.15, 0.2) is 0 Å². The first-order valence-corrected chi connectivity index (χ1v) is 8.97. The molecule has 2 aromatic carbocycles. The molecule has 0 aliphatic heterocycles. The van der Waals surface area contributed by atoms with Gasteiger partial charge in [-0.2, -0.15) is 30.3 Å². The number of benzene rings is 2. The summed E-state index contributed by atoms with van der Waals surface area (Å²) in [7, 11) is 0. The van der Waals surface area contributed by atoms with Gasteiger partial charge >= 0.3 is 58.2 Å². The van der Waals surface area contributed by atoms with Crippen LogP contribution in [0, 0.1) is 35.6 Å². The van der Waals surface area contributed by atoms with E-state index < -0.39 is 0 Å². The second-order valence-corrected chi connectivity index (χ2v) is 7.02. The van der Waals surface area contributed by atoms with Crippen LogP contribution in [-0.2, 0) is 6.42 Å². The molecule has 0 nitrogen and oxygen atoms in total. The van der Waals surface area contributed by atoms with Gasteiger partial charge in [-0.05, 0) is 42.4 Å². The third kappa shape index (κ3) is 6.76. The smallest absolute Gasteiger partial charge is 0.206 e. The molecule has 0 heterocycles. The van der Waals surface area contributed by atoms with E-state index in [0.29, 0.717) is 5.56 Å². The summed E-state index contributed by atoms with van der Waals surface area (Å²) in [5.74, 6) is 7.42. The Morgan fingerprint density at radius 2 is 1.76 bits per heavy atom. The van der Waals surface area contributed by atoms with Crippen molar-refractivity contribution in [2.24, 2.45) is 11.8 Å². The van der Waals surface area contributed by atoms with E-state index in [4.69, 9.17) is 0 Å². The maximum Gasteiger partial charge on any atom is 1.00 e. The minimum Gasteiger partial charge on any atom is -0.206 e. The fourth-order valence-electron chi connectivity index (χ4n) is 3.41. The van der Waals surface area contributed by atoms with Crippen molar-refractivity contribution >= 4 is 0 Å². The van der Waals surface area contributed by atoms with Crippen molar-refractivity contribution in [1.29, 1.82) is 0 Å². The molecule has 0 amide bonds. The third-order valence-electron chi connectivity index (χ3n) is 5.07. The molecule has 3 rings (SSSR count). The van der Waals surface area contributed by atoms with Gasteiger partial charge in [0, 0.05) is 0 Å². The molecule has 0 radical (unpaired) electrons. The van der Waals surface area contributed by atoms with E-state index in [1.807, 2.05) is 36.4 Å². The summed E-state index contributed by atoms with van der Waals surface area (Å²) in [6.07, 6.45) is 7.52. The fourth-order valence-corrected chi connectivity index (χ4v) is 3.41. The average molecular weight is 405 g/mol. The average Bonchev–Trinajstić information content (AvgIpc) is 2.61. The van der Waals surface area contributed by atoms with Gasteiger partial charge in [0.05, 0.1) is 5.56 Å². The van der Waals surface area contributed by atoms with E-state index >= 15 is 0 Å². The van der Waals surface area contributed by atoms with Crippen molar-refractivity contribution in [2.45, 2.75) is 45.4 Å². The Hall–Kier alpha value is -0.265. The van der Waals surface area contributed by atoms with Gasteiger partial charge in [0.1, 0.15) is 5.82 Å². The molecule has 0 aromatic heterocycles. The van der Waals surface area contributed by atoms with Crippen LogP contribution in [0.4, 0.5) is 4.39 Å². The van der Waals surface area contributed by atoms with Gasteiger partial charge in [-0.15, -0.1) is 0 Å². The monoisotopic (exact) mass is 404 g/mol. The standard InChI is InChI=1S/C23H24F.Rb/c1-18-7-9-20(10-8-18)11-12-21-14-16-22(23(24)17-21)15-13-19-5-3-2-4-6-19;/h3-6,14,16-18,20H,7-12H2,1H3;/q-1;+1. The quantitative estimate of drug-likeness (QED) is 0.545. The SMILES string of the molecule is CC1CCC(CCc2ccc(C#Cc3cc[c-]cc3)c(F)c2)CC1.[Rb+]. The predicted molar refractivity (Wildman–Crippen MR) is 97.1 cm³/mol. The molecule has 0 bridgehead atoms. The molecule has 1 saturated carbocycles. The molecule has 0 saturated heterocycles. The number of aryl methyl sites for hydroxylation is 1. The Balaban J connectivity index is 0.00000225. The molecule has 1 fully saturated rings. The first-order valence-electron chi connectivity index (χ1n) is 8.97.